The molecule has 2 atom stereocenters. The van der Waals surface area contributed by atoms with E-state index in [2.05, 4.69) is 9.82 Å². The number of halogens is 3. The maximum atomic E-state index is 14.4. The van der Waals surface area contributed by atoms with Crippen LogP contribution in [0.2, 0.25) is 0 Å². The van der Waals surface area contributed by atoms with E-state index in [0.717, 1.165) is 18.2 Å². The van der Waals surface area contributed by atoms with E-state index < -0.39 is 44.5 Å². The van der Waals surface area contributed by atoms with Gasteiger partial charge >= 0.3 is 29.6 Å². The number of pyridine rings is 1. The number of hydrogen-bond acceptors (Lipinski definition) is 5. The van der Waals surface area contributed by atoms with Crippen molar-refractivity contribution in [3.63, 3.8) is 0 Å². The molecule has 1 fully saturated rings. The predicted octanol–water partition coefficient (Wildman–Crippen LogP) is 1.55. The zero-order valence-electron chi connectivity index (χ0n) is 19.2. The van der Waals surface area contributed by atoms with Crippen molar-refractivity contribution in [1.82, 2.24) is 9.61 Å². The van der Waals surface area contributed by atoms with Crippen LogP contribution in [0, 0.1) is 11.6 Å². The molecule has 0 aliphatic carbocycles. The van der Waals surface area contributed by atoms with E-state index in [1.54, 1.807) is 11.0 Å². The molecular formula is C22H22F3N4NaO3S. The van der Waals surface area contributed by atoms with Crippen molar-refractivity contribution in [3.8, 4) is 0 Å². The van der Waals surface area contributed by atoms with Crippen LogP contribution in [0.5, 0.6) is 0 Å². The molecule has 0 unspecified atom stereocenters. The fourth-order valence-electron chi connectivity index (χ4n) is 3.74. The van der Waals surface area contributed by atoms with Gasteiger partial charge in [-0.25, -0.2) is 26.1 Å². The topological polar surface area (TPSA) is 85.8 Å². The smallest absolute Gasteiger partial charge is 0.541 e. The van der Waals surface area contributed by atoms with Gasteiger partial charge in [0.2, 0.25) is 0 Å². The van der Waals surface area contributed by atoms with Gasteiger partial charge in [0.1, 0.15) is 27.8 Å². The summed E-state index contributed by atoms with van der Waals surface area (Å²) in [7, 11) is -4.08. The molecular weight excluding hydrogens is 480 g/mol. The number of carbonyl (C=O) groups is 1. The van der Waals surface area contributed by atoms with Crippen molar-refractivity contribution < 1.29 is 55.9 Å². The van der Waals surface area contributed by atoms with Gasteiger partial charge < -0.3 is 14.4 Å². The molecule has 34 heavy (non-hydrogen) atoms. The first kappa shape index (κ1) is 26.5. The van der Waals surface area contributed by atoms with Crippen LogP contribution in [0.15, 0.2) is 42.7 Å². The van der Waals surface area contributed by atoms with E-state index in [9.17, 15) is 26.4 Å². The van der Waals surface area contributed by atoms with Gasteiger partial charge in [0.15, 0.2) is 0 Å². The molecule has 0 N–H and O–H groups in total. The zero-order chi connectivity index (χ0) is 24.1. The Labute approximate surface area is 217 Å². The molecule has 1 amide bonds. The SMILES string of the molecule is CC(C)(C)S(=O)(=O)[N-]C(=O)c1cnn2ccc(N3C[C@H](F)C[C@@H]3c3cc(F)ccc3F)cc12.[Na+]. The Kier molecular flexibility index (Phi) is 7.43. The number of alkyl halides is 1. The fourth-order valence-corrected chi connectivity index (χ4v) is 4.33. The molecule has 1 aliphatic heterocycles. The summed E-state index contributed by atoms with van der Waals surface area (Å²) in [4.78, 5) is 14.3. The molecule has 7 nitrogen and oxygen atoms in total. The number of fused-ring (bicyclic) bond motifs is 1. The van der Waals surface area contributed by atoms with Gasteiger partial charge in [-0.2, -0.15) is 5.10 Å². The molecule has 12 heteroatoms. The van der Waals surface area contributed by atoms with Crippen molar-refractivity contribution in [2.75, 3.05) is 11.4 Å². The summed E-state index contributed by atoms with van der Waals surface area (Å²) in [5.74, 6) is -2.25. The first-order valence-electron chi connectivity index (χ1n) is 10.2. The third kappa shape index (κ3) is 4.98. The number of benzene rings is 1. The van der Waals surface area contributed by atoms with Gasteiger partial charge in [-0.3, -0.25) is 0 Å². The molecule has 3 aromatic rings. The van der Waals surface area contributed by atoms with Gasteiger partial charge in [-0.1, -0.05) is 0 Å². The molecule has 1 aliphatic rings. The number of sulfonamides is 1. The first-order valence-corrected chi connectivity index (χ1v) is 11.7. The number of amides is 1. The summed E-state index contributed by atoms with van der Waals surface area (Å²) in [6, 6.07) is 5.43. The van der Waals surface area contributed by atoms with Gasteiger partial charge in [-0.05, 0) is 51.1 Å². The number of carbonyl (C=O) groups excluding carboxylic acids is 1. The second-order valence-electron chi connectivity index (χ2n) is 8.92. The Morgan fingerprint density at radius 2 is 1.88 bits per heavy atom. The minimum absolute atomic E-state index is 0. The van der Waals surface area contributed by atoms with Crippen LogP contribution in [0.3, 0.4) is 0 Å². The average molecular weight is 502 g/mol. The first-order chi connectivity index (χ1) is 15.4. The van der Waals surface area contributed by atoms with Crippen molar-refractivity contribution in [2.24, 2.45) is 0 Å². The molecule has 2 aromatic heterocycles. The number of nitrogens with zero attached hydrogens (tertiary/aromatic N) is 4. The Morgan fingerprint density at radius 1 is 1.18 bits per heavy atom. The van der Waals surface area contributed by atoms with Crippen molar-refractivity contribution >= 4 is 27.1 Å². The maximum Gasteiger partial charge on any atom is 1.00 e. The van der Waals surface area contributed by atoms with Crippen molar-refractivity contribution in [1.29, 1.82) is 0 Å². The standard InChI is InChI=1S/C22H23F3N4O3S.Na/c1-22(2,3)33(31,32)27-21(30)17-11-26-29-7-6-15(10-20(17)29)28-12-14(24)9-19(28)16-8-13(23)4-5-18(16)25;/h4-8,10-11,14,19H,9,12H2,1-3H3,(H,27,30);/q;+1/p-1/t14-,19-;/m1./s1. The van der Waals surface area contributed by atoms with E-state index in [-0.39, 0.29) is 59.2 Å². The van der Waals surface area contributed by atoms with Gasteiger partial charge in [0, 0.05) is 36.0 Å². The second kappa shape index (κ2) is 9.52. The third-order valence-corrected chi connectivity index (χ3v) is 7.57. The molecule has 4 rings (SSSR count). The average Bonchev–Trinajstić information content (AvgIpc) is 3.31. The van der Waals surface area contributed by atoms with Gasteiger partial charge in [0.05, 0.1) is 28.4 Å². The molecule has 0 radical (unpaired) electrons. The summed E-state index contributed by atoms with van der Waals surface area (Å²) < 4.78 is 70.7. The van der Waals surface area contributed by atoms with E-state index in [1.807, 2.05) is 0 Å². The summed E-state index contributed by atoms with van der Waals surface area (Å²) in [5, 5.41) is 4.06. The van der Waals surface area contributed by atoms with Crippen LogP contribution in [-0.2, 0) is 10.0 Å². The maximum absolute atomic E-state index is 14.4. The minimum atomic E-state index is -4.08. The predicted molar refractivity (Wildman–Crippen MR) is 118 cm³/mol. The number of anilines is 1. The molecule has 0 spiro atoms. The van der Waals surface area contributed by atoms with E-state index >= 15 is 0 Å². The quantitative estimate of drug-likeness (QED) is 0.506. The molecule has 0 bridgehead atoms. The third-order valence-electron chi connectivity index (χ3n) is 5.61. The van der Waals surface area contributed by atoms with Crippen LogP contribution in [0.1, 0.15) is 49.2 Å². The van der Waals surface area contributed by atoms with E-state index in [4.69, 9.17) is 0 Å². The number of aromatic nitrogens is 2. The summed E-state index contributed by atoms with van der Waals surface area (Å²) in [6.07, 6.45) is 1.42. The summed E-state index contributed by atoms with van der Waals surface area (Å²) in [6.45, 7) is 4.23. The van der Waals surface area contributed by atoms with E-state index in [0.29, 0.717) is 5.69 Å². The summed E-state index contributed by atoms with van der Waals surface area (Å²) in [5.41, 5.74) is 0.691. The van der Waals surface area contributed by atoms with Crippen LogP contribution in [0.25, 0.3) is 10.2 Å². The summed E-state index contributed by atoms with van der Waals surface area (Å²) >= 11 is 0. The Balaban J connectivity index is 0.00000324. The van der Waals surface area contributed by atoms with Crippen LogP contribution in [-0.4, -0.2) is 41.4 Å². The Bertz CT molecular complexity index is 1340. The van der Waals surface area contributed by atoms with E-state index in [1.165, 1.54) is 43.7 Å². The monoisotopic (exact) mass is 502 g/mol. The van der Waals surface area contributed by atoms with Crippen molar-refractivity contribution in [3.05, 3.63) is 70.2 Å². The van der Waals surface area contributed by atoms with Crippen LogP contribution in [0.4, 0.5) is 18.9 Å². The van der Waals surface area contributed by atoms with Gasteiger partial charge in [0.25, 0.3) is 0 Å². The fraction of sp³-hybridized carbons (Fsp3) is 0.364. The normalized spacial score (nSPS) is 18.7. The molecule has 176 valence electrons. The molecule has 3 heterocycles. The Morgan fingerprint density at radius 3 is 2.56 bits per heavy atom. The Hall–Kier alpha value is -2.08. The molecule has 1 aromatic carbocycles. The van der Waals surface area contributed by atoms with Crippen LogP contribution >= 0.6 is 0 Å². The molecule has 0 saturated carbocycles. The van der Waals surface area contributed by atoms with Crippen LogP contribution < -0.4 is 34.5 Å². The number of hydrogen-bond donors (Lipinski definition) is 0. The molecule has 1 saturated heterocycles. The number of rotatable bonds is 4. The van der Waals surface area contributed by atoms with Crippen molar-refractivity contribution in [2.45, 2.75) is 44.2 Å². The van der Waals surface area contributed by atoms with Gasteiger partial charge in [-0.15, -0.1) is 0 Å². The second-order valence-corrected chi connectivity index (χ2v) is 11.3. The largest absolute Gasteiger partial charge is 1.00 e. The zero-order valence-corrected chi connectivity index (χ0v) is 22.0. The minimum Gasteiger partial charge on any atom is -0.541 e.